The highest BCUT2D eigenvalue weighted by Gasteiger charge is 2.07. The molecule has 0 fully saturated rings. The van der Waals surface area contributed by atoms with Crippen molar-refractivity contribution in [3.8, 4) is 11.1 Å². The zero-order chi connectivity index (χ0) is 22.9. The molecule has 5 nitrogen and oxygen atoms in total. The largest absolute Gasteiger partial charge is 0.383 e. The maximum Gasteiger partial charge on any atom is 0.0582 e. The summed E-state index contributed by atoms with van der Waals surface area (Å²) < 4.78 is 0. The lowest BCUT2D eigenvalue weighted by molar-refractivity contribution is 0.952. The molecule has 0 bridgehead atoms. The number of hydrogen-bond acceptors (Lipinski definition) is 5. The van der Waals surface area contributed by atoms with Crippen molar-refractivity contribution in [1.82, 2.24) is 9.97 Å². The average Bonchev–Trinajstić information content (AvgIpc) is 2.86. The van der Waals surface area contributed by atoms with Gasteiger partial charge in [0.05, 0.1) is 11.4 Å². The van der Waals surface area contributed by atoms with Crippen LogP contribution in [0.3, 0.4) is 0 Å². The van der Waals surface area contributed by atoms with Crippen LogP contribution in [0.1, 0.15) is 11.4 Å². The SMILES string of the molecule is CN(C)c1ccc(-c2ccc(NCCc3ccccn3)c(NCCc3ccccn3)c2)cc1. The van der Waals surface area contributed by atoms with Gasteiger partial charge in [-0.3, -0.25) is 9.97 Å². The van der Waals surface area contributed by atoms with Gasteiger partial charge in [0.25, 0.3) is 0 Å². The highest BCUT2D eigenvalue weighted by Crippen LogP contribution is 2.30. The van der Waals surface area contributed by atoms with Gasteiger partial charge in [-0.2, -0.15) is 0 Å². The van der Waals surface area contributed by atoms with Crippen molar-refractivity contribution in [3.05, 3.63) is 103 Å². The lowest BCUT2D eigenvalue weighted by Gasteiger charge is -2.17. The minimum Gasteiger partial charge on any atom is -0.383 e. The molecule has 0 aliphatic carbocycles. The lowest BCUT2D eigenvalue weighted by Crippen LogP contribution is -2.11. The van der Waals surface area contributed by atoms with Gasteiger partial charge in [0.15, 0.2) is 0 Å². The van der Waals surface area contributed by atoms with Crippen molar-refractivity contribution in [2.75, 3.05) is 42.7 Å². The van der Waals surface area contributed by atoms with Crippen LogP contribution in [-0.2, 0) is 12.8 Å². The predicted molar refractivity (Wildman–Crippen MR) is 139 cm³/mol. The fraction of sp³-hybridized carbons (Fsp3) is 0.214. The van der Waals surface area contributed by atoms with Crippen molar-refractivity contribution in [2.24, 2.45) is 0 Å². The maximum absolute atomic E-state index is 4.44. The molecule has 168 valence electrons. The summed E-state index contributed by atoms with van der Waals surface area (Å²) in [6.45, 7) is 1.64. The van der Waals surface area contributed by atoms with Crippen molar-refractivity contribution >= 4 is 17.1 Å². The minimum atomic E-state index is 0.814. The molecule has 2 aromatic heterocycles. The average molecular weight is 438 g/mol. The highest BCUT2D eigenvalue weighted by atomic mass is 15.1. The third kappa shape index (κ3) is 6.32. The van der Waals surface area contributed by atoms with Crippen LogP contribution in [-0.4, -0.2) is 37.2 Å². The van der Waals surface area contributed by atoms with Crippen molar-refractivity contribution in [2.45, 2.75) is 12.8 Å². The minimum absolute atomic E-state index is 0.814. The Morgan fingerprint density at radius 3 is 1.76 bits per heavy atom. The normalized spacial score (nSPS) is 10.6. The first-order valence-electron chi connectivity index (χ1n) is 11.4. The molecular weight excluding hydrogens is 406 g/mol. The third-order valence-electron chi connectivity index (χ3n) is 5.58. The molecule has 4 rings (SSSR count). The first kappa shape index (κ1) is 22.3. The molecule has 2 aromatic carbocycles. The van der Waals surface area contributed by atoms with Gasteiger partial charge in [-0.25, -0.2) is 0 Å². The number of hydrogen-bond donors (Lipinski definition) is 2. The number of rotatable bonds is 10. The van der Waals surface area contributed by atoms with E-state index in [0.717, 1.165) is 48.7 Å². The fourth-order valence-electron chi connectivity index (χ4n) is 3.72. The Hall–Kier alpha value is -3.86. The van der Waals surface area contributed by atoms with E-state index < -0.39 is 0 Å². The van der Waals surface area contributed by atoms with E-state index in [1.807, 2.05) is 36.7 Å². The van der Waals surface area contributed by atoms with Crippen molar-refractivity contribution in [3.63, 3.8) is 0 Å². The third-order valence-corrected chi connectivity index (χ3v) is 5.58. The molecular formula is C28H31N5. The summed E-state index contributed by atoms with van der Waals surface area (Å²) in [5.41, 5.74) is 7.96. The summed E-state index contributed by atoms with van der Waals surface area (Å²) in [6.07, 6.45) is 5.44. The van der Waals surface area contributed by atoms with Crippen LogP contribution in [0.4, 0.5) is 17.1 Å². The van der Waals surface area contributed by atoms with E-state index in [0.29, 0.717) is 0 Å². The molecule has 0 saturated carbocycles. The van der Waals surface area contributed by atoms with E-state index in [4.69, 9.17) is 0 Å². The molecule has 0 amide bonds. The van der Waals surface area contributed by atoms with Gasteiger partial charge in [-0.1, -0.05) is 30.3 Å². The molecule has 33 heavy (non-hydrogen) atoms. The van der Waals surface area contributed by atoms with Crippen LogP contribution in [0, 0.1) is 0 Å². The van der Waals surface area contributed by atoms with Gasteiger partial charge >= 0.3 is 0 Å². The monoisotopic (exact) mass is 437 g/mol. The van der Waals surface area contributed by atoms with Crippen LogP contribution < -0.4 is 15.5 Å². The molecule has 5 heteroatoms. The Morgan fingerprint density at radius 2 is 1.21 bits per heavy atom. The predicted octanol–water partition coefficient (Wildman–Crippen LogP) is 5.52. The van der Waals surface area contributed by atoms with Gasteiger partial charge in [0.2, 0.25) is 0 Å². The van der Waals surface area contributed by atoms with Crippen molar-refractivity contribution in [1.29, 1.82) is 0 Å². The Balaban J connectivity index is 1.49. The summed E-state index contributed by atoms with van der Waals surface area (Å²) >= 11 is 0. The van der Waals surface area contributed by atoms with Gasteiger partial charge in [0.1, 0.15) is 0 Å². The first-order valence-corrected chi connectivity index (χ1v) is 11.4. The molecule has 0 unspecified atom stereocenters. The summed E-state index contributed by atoms with van der Waals surface area (Å²) in [5.74, 6) is 0. The van der Waals surface area contributed by atoms with Crippen LogP contribution in [0.5, 0.6) is 0 Å². The second kappa shape index (κ2) is 11.1. The number of nitrogens with zero attached hydrogens (tertiary/aromatic N) is 3. The summed E-state index contributed by atoms with van der Waals surface area (Å²) in [4.78, 5) is 11.0. The zero-order valence-corrected chi connectivity index (χ0v) is 19.3. The Bertz CT molecular complexity index is 1130. The fourth-order valence-corrected chi connectivity index (χ4v) is 3.72. The van der Waals surface area contributed by atoms with E-state index in [9.17, 15) is 0 Å². The Kier molecular flexibility index (Phi) is 7.54. The van der Waals surface area contributed by atoms with Crippen molar-refractivity contribution < 1.29 is 0 Å². The lowest BCUT2D eigenvalue weighted by atomic mass is 10.0. The van der Waals surface area contributed by atoms with Gasteiger partial charge in [-0.05, 0) is 59.7 Å². The molecule has 2 N–H and O–H groups in total. The Morgan fingerprint density at radius 1 is 0.636 bits per heavy atom. The van der Waals surface area contributed by atoms with E-state index in [2.05, 4.69) is 94.2 Å². The summed E-state index contributed by atoms with van der Waals surface area (Å²) in [7, 11) is 4.12. The first-order chi connectivity index (χ1) is 16.2. The molecule has 0 atom stereocenters. The molecule has 2 heterocycles. The number of anilines is 3. The summed E-state index contributed by atoms with van der Waals surface area (Å²) in [5, 5.41) is 7.21. The Labute approximate surface area is 196 Å². The zero-order valence-electron chi connectivity index (χ0n) is 19.3. The van der Waals surface area contributed by atoms with E-state index in [1.54, 1.807) is 0 Å². The second-order valence-electron chi connectivity index (χ2n) is 8.20. The highest BCUT2D eigenvalue weighted by molar-refractivity contribution is 5.78. The molecule has 0 aliphatic heterocycles. The van der Waals surface area contributed by atoms with Crippen LogP contribution in [0.15, 0.2) is 91.3 Å². The van der Waals surface area contributed by atoms with Gasteiger partial charge in [0, 0.05) is 69.5 Å². The standard InChI is InChI=1S/C28H31N5/c1-33(2)26-12-9-22(10-13-26)23-11-14-27(31-19-15-24-7-3-5-17-29-24)28(21-23)32-20-16-25-8-4-6-18-30-25/h3-14,17-18,21,31-32H,15-16,19-20H2,1-2H3. The smallest absolute Gasteiger partial charge is 0.0582 e. The maximum atomic E-state index is 4.44. The molecule has 4 aromatic rings. The number of benzene rings is 2. The van der Waals surface area contributed by atoms with E-state index in [-0.39, 0.29) is 0 Å². The van der Waals surface area contributed by atoms with Crippen LogP contribution in [0.2, 0.25) is 0 Å². The molecule has 0 radical (unpaired) electrons. The van der Waals surface area contributed by atoms with Gasteiger partial charge < -0.3 is 15.5 Å². The molecule has 0 saturated heterocycles. The topological polar surface area (TPSA) is 53.1 Å². The number of nitrogens with one attached hydrogen (secondary N) is 2. The van der Waals surface area contributed by atoms with E-state index in [1.165, 1.54) is 16.8 Å². The summed E-state index contributed by atoms with van der Waals surface area (Å²) in [6, 6.07) is 27.3. The second-order valence-corrected chi connectivity index (χ2v) is 8.20. The van der Waals surface area contributed by atoms with E-state index >= 15 is 0 Å². The number of pyridine rings is 2. The van der Waals surface area contributed by atoms with Crippen LogP contribution in [0.25, 0.3) is 11.1 Å². The number of aromatic nitrogens is 2. The molecule has 0 aliphatic rings. The van der Waals surface area contributed by atoms with Crippen LogP contribution >= 0.6 is 0 Å². The quantitative estimate of drug-likeness (QED) is 0.342. The van der Waals surface area contributed by atoms with Gasteiger partial charge in [-0.15, -0.1) is 0 Å². The molecule has 0 spiro atoms.